The average Bonchev–Trinajstić information content (AvgIpc) is 3.21. The highest BCUT2D eigenvalue weighted by Crippen LogP contribution is 2.19. The molecule has 134 valence electrons. The van der Waals surface area contributed by atoms with Crippen LogP contribution >= 0.6 is 0 Å². The Morgan fingerprint density at radius 3 is 2.36 bits per heavy atom. The Balaban J connectivity index is 1.32. The molecule has 6 nitrogen and oxygen atoms in total. The normalized spacial score (nSPS) is 26.4. The van der Waals surface area contributed by atoms with Crippen molar-refractivity contribution in [2.45, 2.75) is 38.0 Å². The summed E-state index contributed by atoms with van der Waals surface area (Å²) in [6.07, 6.45) is 2.26. The van der Waals surface area contributed by atoms with Gasteiger partial charge in [-0.2, -0.15) is 0 Å². The van der Waals surface area contributed by atoms with Crippen LogP contribution in [0.2, 0.25) is 0 Å². The number of benzene rings is 1. The van der Waals surface area contributed by atoms with Crippen LogP contribution in [0.1, 0.15) is 24.0 Å². The smallest absolute Gasteiger partial charge is 0.251 e. The summed E-state index contributed by atoms with van der Waals surface area (Å²) in [5.74, 6) is 0.244. The van der Waals surface area contributed by atoms with Crippen molar-refractivity contribution in [3.05, 3.63) is 35.4 Å². The van der Waals surface area contributed by atoms with Crippen LogP contribution in [0.4, 0.5) is 0 Å². The van der Waals surface area contributed by atoms with Crippen molar-refractivity contribution in [1.29, 1.82) is 0 Å². The van der Waals surface area contributed by atoms with E-state index in [-0.39, 0.29) is 24.0 Å². The molecule has 1 aromatic carbocycles. The maximum absolute atomic E-state index is 12.8. The summed E-state index contributed by atoms with van der Waals surface area (Å²) < 4.78 is 5.49. The van der Waals surface area contributed by atoms with E-state index < -0.39 is 0 Å². The summed E-state index contributed by atoms with van der Waals surface area (Å²) in [5, 5.41) is 3.36. The van der Waals surface area contributed by atoms with Crippen molar-refractivity contribution in [1.82, 2.24) is 15.1 Å². The molecular formula is C19H25N3O3. The predicted octanol–water partition coefficient (Wildman–Crippen LogP) is 0.551. The van der Waals surface area contributed by atoms with E-state index in [0.717, 1.165) is 25.8 Å². The fourth-order valence-corrected chi connectivity index (χ4v) is 3.97. The maximum Gasteiger partial charge on any atom is 0.251 e. The quantitative estimate of drug-likeness (QED) is 0.852. The monoisotopic (exact) mass is 343 g/mol. The van der Waals surface area contributed by atoms with Gasteiger partial charge in [0.05, 0.1) is 6.04 Å². The first-order valence-corrected chi connectivity index (χ1v) is 9.22. The Hall–Kier alpha value is -1.92. The summed E-state index contributed by atoms with van der Waals surface area (Å²) in [6.45, 7) is 3.85. The van der Waals surface area contributed by atoms with Gasteiger partial charge in [0.1, 0.15) is 6.10 Å². The summed E-state index contributed by atoms with van der Waals surface area (Å²) in [7, 11) is 0. The molecule has 25 heavy (non-hydrogen) atoms. The minimum Gasteiger partial charge on any atom is -0.368 e. The molecule has 0 saturated carbocycles. The highest BCUT2D eigenvalue weighted by atomic mass is 16.5. The lowest BCUT2D eigenvalue weighted by molar-refractivity contribution is -0.146. The summed E-state index contributed by atoms with van der Waals surface area (Å²) >= 11 is 0. The third kappa shape index (κ3) is 3.41. The molecule has 3 aliphatic heterocycles. The van der Waals surface area contributed by atoms with Gasteiger partial charge in [-0.1, -0.05) is 24.3 Å². The molecule has 2 atom stereocenters. The first-order chi connectivity index (χ1) is 12.2. The van der Waals surface area contributed by atoms with E-state index in [4.69, 9.17) is 4.74 Å². The Morgan fingerprint density at radius 2 is 1.68 bits per heavy atom. The number of carbonyl (C=O) groups is 2. The van der Waals surface area contributed by atoms with E-state index in [1.165, 1.54) is 11.1 Å². The lowest BCUT2D eigenvalue weighted by atomic mass is 9.95. The van der Waals surface area contributed by atoms with Crippen molar-refractivity contribution in [2.24, 2.45) is 0 Å². The molecule has 0 spiro atoms. The van der Waals surface area contributed by atoms with Crippen molar-refractivity contribution >= 4 is 11.8 Å². The number of hydrogen-bond donors (Lipinski definition) is 1. The summed E-state index contributed by atoms with van der Waals surface area (Å²) in [4.78, 5) is 29.0. The standard InChI is InChI=1S/C19H25N3O3/c23-18(16-12-14-4-1-2-5-15(14)13-20-16)21-7-9-22(10-8-21)19(24)17-6-3-11-25-17/h1-2,4-5,16-17,20H,3,6-13H2. The zero-order chi connectivity index (χ0) is 17.2. The van der Waals surface area contributed by atoms with E-state index in [0.29, 0.717) is 32.8 Å². The van der Waals surface area contributed by atoms with Gasteiger partial charge in [0, 0.05) is 39.3 Å². The number of piperazine rings is 1. The molecule has 3 heterocycles. The summed E-state index contributed by atoms with van der Waals surface area (Å²) in [5.41, 5.74) is 2.53. The molecular weight excluding hydrogens is 318 g/mol. The van der Waals surface area contributed by atoms with E-state index in [1.54, 1.807) is 0 Å². The van der Waals surface area contributed by atoms with Gasteiger partial charge >= 0.3 is 0 Å². The van der Waals surface area contributed by atoms with Gasteiger partial charge in [0.15, 0.2) is 0 Å². The SMILES string of the molecule is O=C(C1Cc2ccccc2CN1)N1CCN(C(=O)C2CCCO2)CC1. The van der Waals surface area contributed by atoms with Crippen LogP contribution in [0, 0.1) is 0 Å². The number of hydrogen-bond acceptors (Lipinski definition) is 4. The molecule has 6 heteroatoms. The van der Waals surface area contributed by atoms with Crippen LogP contribution in [0.25, 0.3) is 0 Å². The second-order valence-electron chi connectivity index (χ2n) is 7.06. The van der Waals surface area contributed by atoms with Gasteiger partial charge in [0.25, 0.3) is 5.91 Å². The number of amides is 2. The molecule has 1 N–H and O–H groups in total. The third-order valence-electron chi connectivity index (χ3n) is 5.49. The largest absolute Gasteiger partial charge is 0.368 e. The Morgan fingerprint density at radius 1 is 1.00 bits per heavy atom. The van der Waals surface area contributed by atoms with E-state index in [9.17, 15) is 9.59 Å². The van der Waals surface area contributed by atoms with Gasteiger partial charge in [0.2, 0.25) is 5.91 Å². The lowest BCUT2D eigenvalue weighted by Gasteiger charge is -2.38. The van der Waals surface area contributed by atoms with Crippen LogP contribution in [-0.2, 0) is 27.3 Å². The third-order valence-corrected chi connectivity index (χ3v) is 5.49. The molecule has 3 aliphatic rings. The molecule has 2 saturated heterocycles. The number of carbonyl (C=O) groups excluding carboxylic acids is 2. The van der Waals surface area contributed by atoms with Crippen LogP contribution in [0.15, 0.2) is 24.3 Å². The Kier molecular flexibility index (Phi) is 4.72. The second kappa shape index (κ2) is 7.14. The Bertz CT molecular complexity index is 649. The average molecular weight is 343 g/mol. The number of nitrogens with zero attached hydrogens (tertiary/aromatic N) is 2. The van der Waals surface area contributed by atoms with E-state index in [2.05, 4.69) is 17.4 Å². The van der Waals surface area contributed by atoms with Crippen LogP contribution in [-0.4, -0.2) is 66.5 Å². The lowest BCUT2D eigenvalue weighted by Crippen LogP contribution is -2.57. The molecule has 0 aliphatic carbocycles. The molecule has 2 amide bonds. The Labute approximate surface area is 148 Å². The van der Waals surface area contributed by atoms with Crippen molar-refractivity contribution in [3.63, 3.8) is 0 Å². The zero-order valence-corrected chi connectivity index (χ0v) is 14.4. The molecule has 1 aromatic rings. The maximum atomic E-state index is 12.8. The zero-order valence-electron chi connectivity index (χ0n) is 14.4. The molecule has 0 radical (unpaired) electrons. The van der Waals surface area contributed by atoms with Crippen LogP contribution in [0.5, 0.6) is 0 Å². The van der Waals surface area contributed by atoms with Crippen molar-refractivity contribution in [3.8, 4) is 0 Å². The first-order valence-electron chi connectivity index (χ1n) is 9.22. The van der Waals surface area contributed by atoms with E-state index >= 15 is 0 Å². The number of nitrogens with one attached hydrogen (secondary N) is 1. The van der Waals surface area contributed by atoms with Crippen molar-refractivity contribution in [2.75, 3.05) is 32.8 Å². The summed E-state index contributed by atoms with van der Waals surface area (Å²) in [6, 6.07) is 8.12. The number of fused-ring (bicyclic) bond motifs is 1. The van der Waals surface area contributed by atoms with Gasteiger partial charge in [-0.25, -0.2) is 0 Å². The minimum atomic E-state index is -0.265. The first kappa shape index (κ1) is 16.5. The number of rotatable bonds is 2. The fourth-order valence-electron chi connectivity index (χ4n) is 3.97. The second-order valence-corrected chi connectivity index (χ2v) is 7.06. The predicted molar refractivity (Wildman–Crippen MR) is 92.9 cm³/mol. The topological polar surface area (TPSA) is 61.9 Å². The molecule has 4 rings (SSSR count). The van der Waals surface area contributed by atoms with Crippen molar-refractivity contribution < 1.29 is 14.3 Å². The van der Waals surface area contributed by atoms with Gasteiger partial charge in [-0.05, 0) is 30.4 Å². The van der Waals surface area contributed by atoms with Gasteiger partial charge in [-0.15, -0.1) is 0 Å². The highest BCUT2D eigenvalue weighted by Gasteiger charge is 2.33. The highest BCUT2D eigenvalue weighted by molar-refractivity contribution is 5.84. The minimum absolute atomic E-state index is 0.0920. The molecule has 2 fully saturated rings. The number of ether oxygens (including phenoxy) is 1. The van der Waals surface area contributed by atoms with Crippen LogP contribution < -0.4 is 5.32 Å². The van der Waals surface area contributed by atoms with E-state index in [1.807, 2.05) is 21.9 Å². The fraction of sp³-hybridized carbons (Fsp3) is 0.579. The van der Waals surface area contributed by atoms with Gasteiger partial charge < -0.3 is 19.9 Å². The van der Waals surface area contributed by atoms with Gasteiger partial charge in [-0.3, -0.25) is 9.59 Å². The molecule has 2 unspecified atom stereocenters. The molecule has 0 aromatic heterocycles. The van der Waals surface area contributed by atoms with Crippen LogP contribution in [0.3, 0.4) is 0 Å². The molecule has 0 bridgehead atoms.